The molecule has 1 heterocycles. The van der Waals surface area contributed by atoms with E-state index in [0.29, 0.717) is 0 Å². The molecule has 0 saturated carbocycles. The second-order valence-electron chi connectivity index (χ2n) is 4.08. The van der Waals surface area contributed by atoms with Crippen molar-refractivity contribution >= 4 is 23.2 Å². The Morgan fingerprint density at radius 2 is 2.11 bits per heavy atom. The lowest BCUT2D eigenvalue weighted by atomic mass is 10.2. The number of H-pyrrole nitrogens is 1. The summed E-state index contributed by atoms with van der Waals surface area (Å²) in [6.07, 6.45) is 11.1. The zero-order valence-electron chi connectivity index (χ0n) is 10.9. The predicted octanol–water partition coefficient (Wildman–Crippen LogP) is 3.28. The minimum Gasteiger partial charge on any atom is -0.404 e. The molecular formula is C16H17N3. The van der Waals surface area contributed by atoms with Crippen LogP contribution in [0.1, 0.15) is 5.69 Å². The van der Waals surface area contributed by atoms with Gasteiger partial charge in [-0.05, 0) is 23.6 Å². The van der Waals surface area contributed by atoms with Crippen molar-refractivity contribution in [2.24, 2.45) is 10.7 Å². The zero-order valence-corrected chi connectivity index (χ0v) is 10.9. The molecule has 2 rings (SSSR count). The van der Waals surface area contributed by atoms with Crippen molar-refractivity contribution in [3.63, 3.8) is 0 Å². The monoisotopic (exact) mass is 251 g/mol. The van der Waals surface area contributed by atoms with Crippen molar-refractivity contribution in [2.75, 3.05) is 7.05 Å². The maximum atomic E-state index is 5.47. The maximum absolute atomic E-state index is 5.47. The lowest BCUT2D eigenvalue weighted by molar-refractivity contribution is 1.43. The molecule has 19 heavy (non-hydrogen) atoms. The molecule has 0 aliphatic heterocycles. The molecule has 0 spiro atoms. The Hall–Kier alpha value is -2.55. The number of para-hydroxylation sites is 1. The van der Waals surface area contributed by atoms with Crippen LogP contribution in [0.3, 0.4) is 0 Å². The Morgan fingerprint density at radius 3 is 2.84 bits per heavy atom. The summed E-state index contributed by atoms with van der Waals surface area (Å²) in [6, 6.07) is 10.3. The van der Waals surface area contributed by atoms with Gasteiger partial charge in [-0.15, -0.1) is 0 Å². The largest absolute Gasteiger partial charge is 0.404 e. The van der Waals surface area contributed by atoms with Crippen LogP contribution in [0.25, 0.3) is 17.0 Å². The average molecular weight is 251 g/mol. The predicted molar refractivity (Wildman–Crippen MR) is 83.2 cm³/mol. The molecule has 3 N–H and O–H groups in total. The molecule has 1 aromatic carbocycles. The van der Waals surface area contributed by atoms with Crippen LogP contribution >= 0.6 is 0 Å². The highest BCUT2D eigenvalue weighted by Crippen LogP contribution is 2.15. The number of aliphatic imine (C=N–C) groups is 1. The first kappa shape index (κ1) is 12.9. The second-order valence-corrected chi connectivity index (χ2v) is 4.08. The van der Waals surface area contributed by atoms with Gasteiger partial charge in [-0.2, -0.15) is 0 Å². The first-order valence-corrected chi connectivity index (χ1v) is 6.10. The highest BCUT2D eigenvalue weighted by molar-refractivity contribution is 5.83. The fourth-order valence-electron chi connectivity index (χ4n) is 1.80. The molecule has 0 aliphatic rings. The number of nitrogens with one attached hydrogen (secondary N) is 1. The summed E-state index contributed by atoms with van der Waals surface area (Å²) in [5.74, 6) is 0. The molecule has 2 aromatic rings. The lowest BCUT2D eigenvalue weighted by Crippen LogP contribution is -1.86. The van der Waals surface area contributed by atoms with E-state index in [9.17, 15) is 0 Å². The first-order chi connectivity index (χ1) is 9.33. The van der Waals surface area contributed by atoms with Crippen LogP contribution in [0.5, 0.6) is 0 Å². The van der Waals surface area contributed by atoms with Gasteiger partial charge in [0.25, 0.3) is 0 Å². The number of benzene rings is 1. The first-order valence-electron chi connectivity index (χ1n) is 6.10. The van der Waals surface area contributed by atoms with E-state index in [-0.39, 0.29) is 0 Å². The summed E-state index contributed by atoms with van der Waals surface area (Å²) in [7, 11) is 1.72. The molecule has 0 amide bonds. The summed E-state index contributed by atoms with van der Waals surface area (Å²) >= 11 is 0. The number of aromatic nitrogens is 1. The summed E-state index contributed by atoms with van der Waals surface area (Å²) < 4.78 is 0. The molecule has 0 unspecified atom stereocenters. The number of nitrogens with zero attached hydrogens (tertiary/aromatic N) is 1. The molecule has 0 bridgehead atoms. The van der Waals surface area contributed by atoms with Gasteiger partial charge in [-0.1, -0.05) is 36.4 Å². The summed E-state index contributed by atoms with van der Waals surface area (Å²) in [5, 5.41) is 1.21. The number of rotatable bonds is 4. The summed E-state index contributed by atoms with van der Waals surface area (Å²) in [4.78, 5) is 7.25. The fourth-order valence-corrected chi connectivity index (χ4v) is 1.80. The van der Waals surface area contributed by atoms with Crippen LogP contribution in [0.2, 0.25) is 0 Å². The summed E-state index contributed by atoms with van der Waals surface area (Å²) in [6.45, 7) is 0. The van der Waals surface area contributed by atoms with Gasteiger partial charge < -0.3 is 10.7 Å². The van der Waals surface area contributed by atoms with E-state index in [2.05, 4.69) is 28.2 Å². The molecule has 3 heteroatoms. The highest BCUT2D eigenvalue weighted by Gasteiger charge is 1.94. The van der Waals surface area contributed by atoms with Crippen molar-refractivity contribution in [1.29, 1.82) is 0 Å². The van der Waals surface area contributed by atoms with Gasteiger partial charge in [0.15, 0.2) is 0 Å². The van der Waals surface area contributed by atoms with Gasteiger partial charge in [0, 0.05) is 36.2 Å². The lowest BCUT2D eigenvalue weighted by Gasteiger charge is -1.88. The van der Waals surface area contributed by atoms with E-state index in [1.165, 1.54) is 11.6 Å². The fraction of sp³-hybridized carbons (Fsp3) is 0.0625. The zero-order chi connectivity index (χ0) is 13.5. The van der Waals surface area contributed by atoms with Crippen molar-refractivity contribution in [3.05, 3.63) is 66.0 Å². The topological polar surface area (TPSA) is 54.2 Å². The standard InChI is InChI=1S/C16H17N3/c1-18-12-13(11-17)6-2-4-8-15-10-14-7-3-5-9-16(14)19-15/h2-12,19H,17H2,1H3/b6-2-,8-4+,13-11-,18-12-. The smallest absolute Gasteiger partial charge is 0.0458 e. The van der Waals surface area contributed by atoms with E-state index in [1.54, 1.807) is 13.3 Å². The van der Waals surface area contributed by atoms with Crippen LogP contribution in [0.4, 0.5) is 0 Å². The Balaban J connectivity index is 2.08. The summed E-state index contributed by atoms with van der Waals surface area (Å²) in [5.41, 5.74) is 8.57. The van der Waals surface area contributed by atoms with Gasteiger partial charge in [-0.3, -0.25) is 4.99 Å². The van der Waals surface area contributed by atoms with E-state index in [0.717, 1.165) is 16.8 Å². The minimum absolute atomic E-state index is 0.879. The highest BCUT2D eigenvalue weighted by atomic mass is 14.7. The quantitative estimate of drug-likeness (QED) is 0.636. The molecular weight excluding hydrogens is 234 g/mol. The maximum Gasteiger partial charge on any atom is 0.0458 e. The third-order valence-corrected chi connectivity index (χ3v) is 2.70. The van der Waals surface area contributed by atoms with Crippen LogP contribution in [-0.2, 0) is 0 Å². The molecule has 0 atom stereocenters. The molecule has 0 aliphatic carbocycles. The van der Waals surface area contributed by atoms with Crippen LogP contribution in [0.15, 0.2) is 65.3 Å². The SMILES string of the molecule is C\N=C/C(/C=C\C=C\c1cc2ccccc2[nH]1)=C\N. The van der Waals surface area contributed by atoms with Crippen LogP contribution < -0.4 is 5.73 Å². The van der Waals surface area contributed by atoms with Crippen molar-refractivity contribution in [1.82, 2.24) is 4.98 Å². The third kappa shape index (κ3) is 3.45. The van der Waals surface area contributed by atoms with E-state index >= 15 is 0 Å². The van der Waals surface area contributed by atoms with Gasteiger partial charge in [0.05, 0.1) is 0 Å². The van der Waals surface area contributed by atoms with Gasteiger partial charge in [0.1, 0.15) is 0 Å². The van der Waals surface area contributed by atoms with Crippen molar-refractivity contribution in [2.45, 2.75) is 0 Å². The van der Waals surface area contributed by atoms with Gasteiger partial charge >= 0.3 is 0 Å². The number of fused-ring (bicyclic) bond motifs is 1. The Kier molecular flexibility index (Phi) is 4.34. The Morgan fingerprint density at radius 1 is 1.26 bits per heavy atom. The Labute approximate surface area is 112 Å². The average Bonchev–Trinajstić information content (AvgIpc) is 2.85. The Bertz CT molecular complexity index is 624. The number of aromatic amines is 1. The van der Waals surface area contributed by atoms with Crippen molar-refractivity contribution in [3.8, 4) is 0 Å². The number of nitrogens with two attached hydrogens (primary N) is 1. The minimum atomic E-state index is 0.879. The molecule has 3 nitrogen and oxygen atoms in total. The molecule has 96 valence electrons. The number of allylic oxidation sites excluding steroid dienone is 4. The van der Waals surface area contributed by atoms with E-state index < -0.39 is 0 Å². The molecule has 0 radical (unpaired) electrons. The second kappa shape index (κ2) is 6.40. The van der Waals surface area contributed by atoms with Crippen LogP contribution in [-0.4, -0.2) is 18.2 Å². The third-order valence-electron chi connectivity index (χ3n) is 2.70. The number of hydrogen-bond acceptors (Lipinski definition) is 2. The van der Waals surface area contributed by atoms with E-state index in [1.807, 2.05) is 36.4 Å². The molecule has 1 aromatic heterocycles. The van der Waals surface area contributed by atoms with Gasteiger partial charge in [-0.25, -0.2) is 0 Å². The van der Waals surface area contributed by atoms with Crippen molar-refractivity contribution < 1.29 is 0 Å². The van der Waals surface area contributed by atoms with Crippen LogP contribution in [0, 0.1) is 0 Å². The molecule has 0 fully saturated rings. The molecule has 0 saturated heterocycles. The van der Waals surface area contributed by atoms with E-state index in [4.69, 9.17) is 5.73 Å². The number of hydrogen-bond donors (Lipinski definition) is 2. The van der Waals surface area contributed by atoms with Gasteiger partial charge in [0.2, 0.25) is 0 Å². The normalized spacial score (nSPS) is 13.4.